The normalized spacial score (nSPS) is 12.3. The topological polar surface area (TPSA) is 64.6 Å². The zero-order chi connectivity index (χ0) is 18.6. The fourth-order valence-corrected chi connectivity index (χ4v) is 2.43. The number of benzene rings is 2. The van der Waals surface area contributed by atoms with Crippen LogP contribution in [0.25, 0.3) is 10.8 Å². The van der Waals surface area contributed by atoms with E-state index in [0.29, 0.717) is 0 Å². The van der Waals surface area contributed by atoms with E-state index in [9.17, 15) is 9.59 Å². The molecule has 2 aromatic rings. The molecule has 1 atom stereocenters. The first-order valence-electron chi connectivity index (χ1n) is 7.96. The molecule has 0 heterocycles. The average Bonchev–Trinajstić information content (AvgIpc) is 2.56. The monoisotopic (exact) mass is 341 g/mol. The Morgan fingerprint density at radius 2 is 1.72 bits per heavy atom. The predicted molar refractivity (Wildman–Crippen MR) is 97.2 cm³/mol. The summed E-state index contributed by atoms with van der Waals surface area (Å²) in [6.07, 6.45) is -0.629. The van der Waals surface area contributed by atoms with Crippen molar-refractivity contribution in [1.29, 1.82) is 0 Å². The molecule has 0 unspecified atom stereocenters. The van der Waals surface area contributed by atoms with Crippen molar-refractivity contribution in [2.24, 2.45) is 0 Å². The van der Waals surface area contributed by atoms with Crippen molar-refractivity contribution in [1.82, 2.24) is 5.32 Å². The van der Waals surface area contributed by atoms with Gasteiger partial charge < -0.3 is 14.8 Å². The second-order valence-electron chi connectivity index (χ2n) is 6.70. The zero-order valence-electron chi connectivity index (χ0n) is 15.0. The molecular formula is C20H23NO4. The van der Waals surface area contributed by atoms with Crippen LogP contribution in [0, 0.1) is 0 Å². The van der Waals surface area contributed by atoms with E-state index in [2.05, 4.69) is 11.9 Å². The second-order valence-corrected chi connectivity index (χ2v) is 6.70. The molecule has 5 heteroatoms. The van der Waals surface area contributed by atoms with Gasteiger partial charge >= 0.3 is 12.1 Å². The molecule has 1 N–H and O–H groups in total. The maximum Gasteiger partial charge on any atom is 0.408 e. The van der Waals surface area contributed by atoms with Crippen LogP contribution in [-0.2, 0) is 14.3 Å². The van der Waals surface area contributed by atoms with Gasteiger partial charge in [0.15, 0.2) is 0 Å². The highest BCUT2D eigenvalue weighted by atomic mass is 16.6. The van der Waals surface area contributed by atoms with Gasteiger partial charge in [-0.15, -0.1) is 0 Å². The lowest BCUT2D eigenvalue weighted by atomic mass is 9.97. The van der Waals surface area contributed by atoms with E-state index >= 15 is 0 Å². The summed E-state index contributed by atoms with van der Waals surface area (Å²) >= 11 is 0. The number of rotatable bonds is 4. The molecule has 132 valence electrons. The largest absolute Gasteiger partial charge is 0.466 e. The first-order valence-corrected chi connectivity index (χ1v) is 7.96. The number of carbonyl (C=O) groups is 2. The molecule has 0 aliphatic heterocycles. The van der Waals surface area contributed by atoms with Gasteiger partial charge in [-0.2, -0.15) is 0 Å². The van der Waals surface area contributed by atoms with Gasteiger partial charge in [-0.3, -0.25) is 0 Å². The first-order chi connectivity index (χ1) is 11.7. The molecule has 0 saturated carbocycles. The first kappa shape index (κ1) is 18.5. The van der Waals surface area contributed by atoms with E-state index in [1.807, 2.05) is 42.5 Å². The van der Waals surface area contributed by atoms with Gasteiger partial charge in [0.1, 0.15) is 5.60 Å². The van der Waals surface area contributed by atoms with Crippen LogP contribution in [0.2, 0.25) is 0 Å². The number of esters is 1. The minimum absolute atomic E-state index is 0.128. The quantitative estimate of drug-likeness (QED) is 0.671. The van der Waals surface area contributed by atoms with Crippen LogP contribution in [0.5, 0.6) is 0 Å². The zero-order valence-corrected chi connectivity index (χ0v) is 15.0. The number of hydrogen-bond donors (Lipinski definition) is 1. The molecule has 2 aromatic carbocycles. The van der Waals surface area contributed by atoms with Crippen molar-refractivity contribution in [2.45, 2.75) is 32.4 Å². The number of carbonyl (C=O) groups excluding carboxylic acids is 2. The molecule has 5 nitrogen and oxygen atoms in total. The van der Waals surface area contributed by atoms with E-state index < -0.39 is 23.7 Å². The van der Waals surface area contributed by atoms with Crippen LogP contribution < -0.4 is 5.32 Å². The van der Waals surface area contributed by atoms with E-state index in [4.69, 9.17) is 9.47 Å². The Bertz CT molecular complexity index is 805. The molecule has 0 aromatic heterocycles. The average molecular weight is 341 g/mol. The lowest BCUT2D eigenvalue weighted by Crippen LogP contribution is -2.36. The smallest absolute Gasteiger partial charge is 0.408 e. The number of methoxy groups -OCH3 is 1. The third kappa shape index (κ3) is 4.83. The number of amides is 1. The maximum atomic E-state index is 12.2. The van der Waals surface area contributed by atoms with Crippen LogP contribution in [-0.4, -0.2) is 24.8 Å². The van der Waals surface area contributed by atoms with Crippen molar-refractivity contribution in [2.75, 3.05) is 7.11 Å². The van der Waals surface area contributed by atoms with Crippen molar-refractivity contribution < 1.29 is 19.1 Å². The molecule has 0 bridgehead atoms. The van der Waals surface area contributed by atoms with Gasteiger partial charge in [0.25, 0.3) is 0 Å². The van der Waals surface area contributed by atoms with Crippen LogP contribution in [0.3, 0.4) is 0 Å². The van der Waals surface area contributed by atoms with Gasteiger partial charge in [0.05, 0.1) is 18.7 Å². The summed E-state index contributed by atoms with van der Waals surface area (Å²) in [7, 11) is 1.28. The molecule has 0 spiro atoms. The van der Waals surface area contributed by atoms with Gasteiger partial charge in [-0.05, 0) is 43.2 Å². The molecular weight excluding hydrogens is 318 g/mol. The minimum atomic E-state index is -0.744. The van der Waals surface area contributed by atoms with Crippen molar-refractivity contribution in [3.05, 3.63) is 60.2 Å². The summed E-state index contributed by atoms with van der Waals surface area (Å²) in [6.45, 7) is 9.10. The minimum Gasteiger partial charge on any atom is -0.466 e. The van der Waals surface area contributed by atoms with Crippen LogP contribution in [0.1, 0.15) is 32.4 Å². The van der Waals surface area contributed by atoms with E-state index in [1.165, 1.54) is 7.11 Å². The van der Waals surface area contributed by atoms with E-state index in [-0.39, 0.29) is 5.57 Å². The molecule has 2 rings (SSSR count). The predicted octanol–water partition coefficient (Wildman–Crippen LogP) is 4.13. The van der Waals surface area contributed by atoms with Gasteiger partial charge in [-0.25, -0.2) is 9.59 Å². The summed E-state index contributed by atoms with van der Waals surface area (Å²) < 4.78 is 10.1. The highest BCUT2D eigenvalue weighted by molar-refractivity contribution is 5.91. The molecule has 0 aliphatic rings. The lowest BCUT2D eigenvalue weighted by molar-refractivity contribution is -0.136. The number of hydrogen-bond acceptors (Lipinski definition) is 4. The number of alkyl carbamates (subject to hydrolysis) is 1. The van der Waals surface area contributed by atoms with Crippen LogP contribution in [0.4, 0.5) is 4.79 Å². The molecule has 25 heavy (non-hydrogen) atoms. The van der Waals surface area contributed by atoms with Gasteiger partial charge in [0, 0.05) is 0 Å². The fraction of sp³-hybridized carbons (Fsp3) is 0.300. The molecule has 0 radical (unpaired) electrons. The summed E-state index contributed by atoms with van der Waals surface area (Å²) in [4.78, 5) is 24.1. The lowest BCUT2D eigenvalue weighted by Gasteiger charge is -2.24. The third-order valence-corrected chi connectivity index (χ3v) is 3.56. The molecule has 0 fully saturated rings. The van der Waals surface area contributed by atoms with Crippen molar-refractivity contribution in [3.8, 4) is 0 Å². The third-order valence-electron chi connectivity index (χ3n) is 3.56. The Morgan fingerprint density at radius 3 is 2.32 bits per heavy atom. The highest BCUT2D eigenvalue weighted by Crippen LogP contribution is 2.26. The van der Waals surface area contributed by atoms with Crippen molar-refractivity contribution in [3.63, 3.8) is 0 Å². The molecule has 1 amide bonds. The Hall–Kier alpha value is -2.82. The number of ether oxygens (including phenoxy) is 2. The fourth-order valence-electron chi connectivity index (χ4n) is 2.43. The molecule has 0 aliphatic carbocycles. The summed E-state index contributed by atoms with van der Waals surface area (Å²) in [5.74, 6) is -0.589. The Morgan fingerprint density at radius 1 is 1.08 bits per heavy atom. The second kappa shape index (κ2) is 7.38. The Kier molecular flexibility index (Phi) is 5.47. The summed E-state index contributed by atoms with van der Waals surface area (Å²) in [5, 5.41) is 4.76. The Labute approximate surface area is 147 Å². The Balaban J connectivity index is 2.37. The van der Waals surface area contributed by atoms with Gasteiger partial charge in [0.2, 0.25) is 0 Å². The number of nitrogens with one attached hydrogen (secondary N) is 1. The van der Waals surface area contributed by atoms with Crippen LogP contribution >= 0.6 is 0 Å². The van der Waals surface area contributed by atoms with E-state index in [1.54, 1.807) is 20.8 Å². The summed E-state index contributed by atoms with van der Waals surface area (Å²) in [6, 6.07) is 12.8. The number of fused-ring (bicyclic) bond motifs is 1. The standard InChI is InChI=1S/C20H23NO4/c1-13(18(22)24-5)17(21-19(23)25-20(2,3)4)16-11-10-14-8-6-7-9-15(14)12-16/h6-12,17H,1H2,2-5H3,(H,21,23)/t17-/m1/s1. The summed E-state index contributed by atoms with van der Waals surface area (Å²) in [5.41, 5.74) is 0.202. The van der Waals surface area contributed by atoms with Crippen LogP contribution in [0.15, 0.2) is 54.6 Å². The van der Waals surface area contributed by atoms with E-state index in [0.717, 1.165) is 16.3 Å². The van der Waals surface area contributed by atoms with Gasteiger partial charge in [-0.1, -0.05) is 43.0 Å². The maximum absolute atomic E-state index is 12.2. The molecule has 0 saturated heterocycles. The van der Waals surface area contributed by atoms with Crippen molar-refractivity contribution >= 4 is 22.8 Å². The SMILES string of the molecule is C=C(C(=O)OC)[C@@H](NC(=O)OC(C)(C)C)c1ccc2ccccc2c1. The highest BCUT2D eigenvalue weighted by Gasteiger charge is 2.26.